The van der Waals surface area contributed by atoms with Gasteiger partial charge in [-0.1, -0.05) is 41.2 Å². The van der Waals surface area contributed by atoms with E-state index in [1.54, 1.807) is 12.1 Å². The van der Waals surface area contributed by atoms with E-state index in [9.17, 15) is 0 Å². The van der Waals surface area contributed by atoms with Crippen molar-refractivity contribution in [2.45, 2.75) is 38.3 Å². The molecule has 1 heterocycles. The molecule has 0 radical (unpaired) electrons. The van der Waals surface area contributed by atoms with E-state index in [-0.39, 0.29) is 0 Å². The minimum absolute atomic E-state index is 0.584. The molecule has 2 aromatic rings. The highest BCUT2D eigenvalue weighted by atomic mass is 35.5. The molecule has 0 bridgehead atoms. The van der Waals surface area contributed by atoms with E-state index in [1.807, 2.05) is 12.1 Å². The molecule has 0 atom stereocenters. The first-order valence-corrected chi connectivity index (χ1v) is 7.62. The van der Waals surface area contributed by atoms with Crippen LogP contribution in [-0.2, 0) is 6.54 Å². The molecule has 106 valence electrons. The van der Waals surface area contributed by atoms with Crippen molar-refractivity contribution in [2.75, 3.05) is 0 Å². The van der Waals surface area contributed by atoms with Gasteiger partial charge in [0.25, 0.3) is 0 Å². The van der Waals surface area contributed by atoms with Crippen molar-refractivity contribution in [3.63, 3.8) is 0 Å². The number of hydrogen-bond acceptors (Lipinski definition) is 3. The Morgan fingerprint density at radius 2 is 2.00 bits per heavy atom. The lowest BCUT2D eigenvalue weighted by Crippen LogP contribution is -2.24. The molecule has 1 aromatic carbocycles. The molecule has 0 spiro atoms. The van der Waals surface area contributed by atoms with Crippen LogP contribution < -0.4 is 5.32 Å². The summed E-state index contributed by atoms with van der Waals surface area (Å²) >= 11 is 12.1. The van der Waals surface area contributed by atoms with Crippen LogP contribution in [0.3, 0.4) is 0 Å². The van der Waals surface area contributed by atoms with E-state index in [0.29, 0.717) is 22.6 Å². The van der Waals surface area contributed by atoms with E-state index in [0.717, 1.165) is 17.0 Å². The first-order valence-electron chi connectivity index (χ1n) is 6.87. The van der Waals surface area contributed by atoms with Gasteiger partial charge < -0.3 is 9.84 Å². The minimum Gasteiger partial charge on any atom is -0.359 e. The molecule has 0 unspecified atom stereocenters. The second kappa shape index (κ2) is 6.17. The van der Waals surface area contributed by atoms with Gasteiger partial charge in [0.15, 0.2) is 5.76 Å². The number of aromatic nitrogens is 1. The normalized spacial score (nSPS) is 15.9. The predicted octanol–water partition coefficient (Wildman–Crippen LogP) is 4.68. The number of rotatable bonds is 4. The molecule has 0 amide bonds. The van der Waals surface area contributed by atoms with Crippen LogP contribution in [0.2, 0.25) is 10.0 Å². The Kier molecular flexibility index (Phi) is 4.29. The van der Waals surface area contributed by atoms with Gasteiger partial charge in [-0.15, -0.1) is 0 Å². The molecule has 1 aliphatic rings. The molecule has 20 heavy (non-hydrogen) atoms. The predicted molar refractivity (Wildman–Crippen MR) is 81.1 cm³/mol. The van der Waals surface area contributed by atoms with Crippen LogP contribution in [0.15, 0.2) is 28.8 Å². The van der Waals surface area contributed by atoms with Gasteiger partial charge >= 0.3 is 0 Å². The SMILES string of the molecule is Clc1ccc(-c2cc(CNC3CCCC3)on2)c(Cl)c1. The third kappa shape index (κ3) is 3.17. The van der Waals surface area contributed by atoms with Crippen molar-refractivity contribution in [3.8, 4) is 11.3 Å². The van der Waals surface area contributed by atoms with E-state index >= 15 is 0 Å². The van der Waals surface area contributed by atoms with Crippen LogP contribution >= 0.6 is 23.2 Å². The van der Waals surface area contributed by atoms with Crippen molar-refractivity contribution in [1.29, 1.82) is 0 Å². The second-order valence-electron chi connectivity index (χ2n) is 5.16. The largest absolute Gasteiger partial charge is 0.359 e. The molecule has 1 saturated carbocycles. The van der Waals surface area contributed by atoms with Crippen LogP contribution in [0.25, 0.3) is 11.3 Å². The zero-order valence-electron chi connectivity index (χ0n) is 11.0. The molecular formula is C15H16Cl2N2O. The maximum atomic E-state index is 6.17. The highest BCUT2D eigenvalue weighted by molar-refractivity contribution is 6.36. The Bertz CT molecular complexity index is 591. The fourth-order valence-electron chi connectivity index (χ4n) is 2.60. The Balaban J connectivity index is 1.69. The molecule has 0 aliphatic heterocycles. The number of hydrogen-bond donors (Lipinski definition) is 1. The molecule has 1 N–H and O–H groups in total. The summed E-state index contributed by atoms with van der Waals surface area (Å²) in [6.07, 6.45) is 5.15. The average molecular weight is 311 g/mol. The number of halogens is 2. The summed E-state index contributed by atoms with van der Waals surface area (Å²) in [5, 5.41) is 8.78. The first kappa shape index (κ1) is 13.9. The lowest BCUT2D eigenvalue weighted by Gasteiger charge is -2.08. The highest BCUT2D eigenvalue weighted by Crippen LogP contribution is 2.30. The van der Waals surface area contributed by atoms with Crippen LogP contribution in [0, 0.1) is 0 Å². The average Bonchev–Trinajstić information content (AvgIpc) is 3.07. The van der Waals surface area contributed by atoms with Crippen LogP contribution in [-0.4, -0.2) is 11.2 Å². The Morgan fingerprint density at radius 1 is 1.20 bits per heavy atom. The number of nitrogens with zero attached hydrogens (tertiary/aromatic N) is 1. The lowest BCUT2D eigenvalue weighted by molar-refractivity contribution is 0.364. The van der Waals surface area contributed by atoms with E-state index < -0.39 is 0 Å². The summed E-state index contributed by atoms with van der Waals surface area (Å²) < 4.78 is 5.36. The molecular weight excluding hydrogens is 295 g/mol. The number of nitrogens with one attached hydrogen (secondary N) is 1. The summed E-state index contributed by atoms with van der Waals surface area (Å²) in [7, 11) is 0. The smallest absolute Gasteiger partial charge is 0.151 e. The van der Waals surface area contributed by atoms with Gasteiger partial charge in [-0.3, -0.25) is 0 Å². The summed E-state index contributed by atoms with van der Waals surface area (Å²) in [5.74, 6) is 0.831. The van der Waals surface area contributed by atoms with E-state index in [1.165, 1.54) is 25.7 Å². The van der Waals surface area contributed by atoms with Crippen molar-refractivity contribution >= 4 is 23.2 Å². The molecule has 1 fully saturated rings. The fraction of sp³-hybridized carbons (Fsp3) is 0.400. The topological polar surface area (TPSA) is 38.1 Å². The van der Waals surface area contributed by atoms with Gasteiger partial charge in [0.2, 0.25) is 0 Å². The third-order valence-electron chi connectivity index (χ3n) is 3.69. The Hall–Kier alpha value is -1.03. The monoisotopic (exact) mass is 310 g/mol. The summed E-state index contributed by atoms with van der Waals surface area (Å²) in [4.78, 5) is 0. The molecule has 3 rings (SSSR count). The molecule has 0 saturated heterocycles. The van der Waals surface area contributed by atoms with Crippen molar-refractivity contribution in [2.24, 2.45) is 0 Å². The van der Waals surface area contributed by atoms with Crippen molar-refractivity contribution in [3.05, 3.63) is 40.1 Å². The maximum absolute atomic E-state index is 6.17. The Morgan fingerprint density at radius 3 is 2.75 bits per heavy atom. The second-order valence-corrected chi connectivity index (χ2v) is 6.01. The number of benzene rings is 1. The van der Waals surface area contributed by atoms with Gasteiger partial charge in [-0.25, -0.2) is 0 Å². The third-order valence-corrected chi connectivity index (χ3v) is 4.23. The zero-order chi connectivity index (χ0) is 13.9. The maximum Gasteiger partial charge on any atom is 0.151 e. The minimum atomic E-state index is 0.584. The molecule has 1 aliphatic carbocycles. The zero-order valence-corrected chi connectivity index (χ0v) is 12.5. The summed E-state index contributed by atoms with van der Waals surface area (Å²) in [5.41, 5.74) is 1.59. The van der Waals surface area contributed by atoms with Crippen LogP contribution in [0.5, 0.6) is 0 Å². The van der Waals surface area contributed by atoms with Crippen LogP contribution in [0.4, 0.5) is 0 Å². The molecule has 3 nitrogen and oxygen atoms in total. The standard InChI is InChI=1S/C15H16Cl2N2O/c16-10-5-6-13(14(17)7-10)15-8-12(20-19-15)9-18-11-3-1-2-4-11/h5-8,11,18H,1-4,9H2. The summed E-state index contributed by atoms with van der Waals surface area (Å²) in [6, 6.07) is 7.91. The van der Waals surface area contributed by atoms with Crippen LogP contribution in [0.1, 0.15) is 31.4 Å². The van der Waals surface area contributed by atoms with E-state index in [2.05, 4.69) is 10.5 Å². The van der Waals surface area contributed by atoms with Gasteiger partial charge in [0, 0.05) is 22.7 Å². The lowest BCUT2D eigenvalue weighted by atomic mass is 10.1. The fourth-order valence-corrected chi connectivity index (χ4v) is 3.10. The van der Waals surface area contributed by atoms with Crippen molar-refractivity contribution < 1.29 is 4.52 Å². The van der Waals surface area contributed by atoms with E-state index in [4.69, 9.17) is 27.7 Å². The highest BCUT2D eigenvalue weighted by Gasteiger charge is 2.15. The van der Waals surface area contributed by atoms with Gasteiger partial charge in [-0.05, 0) is 31.0 Å². The first-order chi connectivity index (χ1) is 9.72. The van der Waals surface area contributed by atoms with Gasteiger partial charge in [0.05, 0.1) is 11.6 Å². The summed E-state index contributed by atoms with van der Waals surface area (Å²) in [6.45, 7) is 0.711. The van der Waals surface area contributed by atoms with Gasteiger partial charge in [-0.2, -0.15) is 0 Å². The molecule has 1 aromatic heterocycles. The van der Waals surface area contributed by atoms with Gasteiger partial charge in [0.1, 0.15) is 5.69 Å². The molecule has 5 heteroatoms. The van der Waals surface area contributed by atoms with Crippen molar-refractivity contribution in [1.82, 2.24) is 10.5 Å². The quantitative estimate of drug-likeness (QED) is 0.891. The Labute approximate surface area is 128 Å².